The summed E-state index contributed by atoms with van der Waals surface area (Å²) in [5.41, 5.74) is 2.22. The first-order chi connectivity index (χ1) is 7.79. The van der Waals surface area contributed by atoms with Crippen molar-refractivity contribution in [2.24, 2.45) is 0 Å². The molecule has 1 aromatic carbocycles. The first-order valence-corrected chi connectivity index (χ1v) is 6.78. The number of nitrogens with zero attached hydrogens (tertiary/aromatic N) is 1. The van der Waals surface area contributed by atoms with Gasteiger partial charge in [-0.05, 0) is 36.3 Å². The number of hydrogen-bond donors (Lipinski definition) is 1. The monoisotopic (exact) mass is 296 g/mol. The van der Waals surface area contributed by atoms with Crippen LogP contribution in [0, 0.1) is 0 Å². The molecule has 0 aliphatic heterocycles. The summed E-state index contributed by atoms with van der Waals surface area (Å²) in [6, 6.07) is 10.4. The van der Waals surface area contributed by atoms with Crippen molar-refractivity contribution >= 4 is 27.5 Å². The zero-order chi connectivity index (χ0) is 11.4. The molecular formula is C12H13BrN2S. The molecule has 2 nitrogen and oxygen atoms in total. The lowest BCUT2D eigenvalue weighted by molar-refractivity contribution is 0.735. The van der Waals surface area contributed by atoms with Gasteiger partial charge in [0.25, 0.3) is 0 Å². The largest absolute Gasteiger partial charge is 0.312 e. The Morgan fingerprint density at radius 3 is 3.00 bits per heavy atom. The molecule has 1 heterocycles. The summed E-state index contributed by atoms with van der Waals surface area (Å²) in [6.07, 6.45) is 0. The lowest BCUT2D eigenvalue weighted by Gasteiger charge is -1.97. The van der Waals surface area contributed by atoms with Gasteiger partial charge in [-0.15, -0.1) is 0 Å². The fourth-order valence-corrected chi connectivity index (χ4v) is 2.53. The molecule has 0 aliphatic rings. The minimum Gasteiger partial charge on any atom is -0.312 e. The van der Waals surface area contributed by atoms with Gasteiger partial charge >= 0.3 is 0 Å². The maximum absolute atomic E-state index is 4.46. The minimum atomic E-state index is 0.905. The number of aromatic nitrogens is 1. The molecule has 1 aromatic heterocycles. The predicted molar refractivity (Wildman–Crippen MR) is 72.6 cm³/mol. The highest BCUT2D eigenvalue weighted by Crippen LogP contribution is 2.24. The van der Waals surface area contributed by atoms with E-state index in [1.807, 2.05) is 12.1 Å². The van der Waals surface area contributed by atoms with Crippen LogP contribution in [0.5, 0.6) is 0 Å². The molecule has 1 N–H and O–H groups in total. The molecule has 0 radical (unpaired) electrons. The van der Waals surface area contributed by atoms with Crippen molar-refractivity contribution in [3.8, 4) is 11.3 Å². The van der Waals surface area contributed by atoms with Crippen LogP contribution in [0.4, 0.5) is 0 Å². The molecule has 0 atom stereocenters. The smallest absolute Gasteiger partial charge is 0.0844 e. The van der Waals surface area contributed by atoms with Crippen molar-refractivity contribution in [2.75, 3.05) is 6.54 Å². The molecule has 0 amide bonds. The number of hydrogen-bond acceptors (Lipinski definition) is 3. The van der Waals surface area contributed by atoms with E-state index in [0.29, 0.717) is 0 Å². The van der Waals surface area contributed by atoms with Crippen LogP contribution < -0.4 is 5.32 Å². The average Bonchev–Trinajstić information content (AvgIpc) is 2.75. The van der Waals surface area contributed by atoms with Gasteiger partial charge in [0.05, 0.1) is 5.69 Å². The summed E-state index contributed by atoms with van der Waals surface area (Å²) in [7, 11) is 0. The normalized spacial score (nSPS) is 10.6. The standard InChI is InChI=1S/C12H13BrN2S/c1-2-14-8-11-7-12(15-16-11)9-4-3-5-10(13)6-9/h3-7,14H,2,8H2,1H3. The quantitative estimate of drug-likeness (QED) is 0.931. The Balaban J connectivity index is 2.18. The Hall–Kier alpha value is -0.710. The first-order valence-electron chi connectivity index (χ1n) is 5.22. The topological polar surface area (TPSA) is 24.9 Å². The molecule has 2 rings (SSSR count). The highest BCUT2D eigenvalue weighted by molar-refractivity contribution is 9.10. The number of rotatable bonds is 4. The lowest BCUT2D eigenvalue weighted by Crippen LogP contribution is -2.10. The number of halogens is 1. The van der Waals surface area contributed by atoms with E-state index in [0.717, 1.165) is 28.8 Å². The zero-order valence-electron chi connectivity index (χ0n) is 9.03. The Kier molecular flexibility index (Phi) is 4.09. The van der Waals surface area contributed by atoms with Crippen LogP contribution in [0.25, 0.3) is 11.3 Å². The van der Waals surface area contributed by atoms with Crippen molar-refractivity contribution in [1.82, 2.24) is 9.69 Å². The van der Waals surface area contributed by atoms with Crippen molar-refractivity contribution in [3.05, 3.63) is 39.7 Å². The molecule has 0 fully saturated rings. The van der Waals surface area contributed by atoms with Crippen LogP contribution in [-0.2, 0) is 6.54 Å². The van der Waals surface area contributed by atoms with E-state index in [-0.39, 0.29) is 0 Å². The predicted octanol–water partition coefficient (Wildman–Crippen LogP) is 3.68. The summed E-state index contributed by atoms with van der Waals surface area (Å²) in [6.45, 7) is 4.00. The number of benzene rings is 1. The molecule has 0 saturated carbocycles. The van der Waals surface area contributed by atoms with E-state index >= 15 is 0 Å². The van der Waals surface area contributed by atoms with Gasteiger partial charge in [0.15, 0.2) is 0 Å². The Morgan fingerprint density at radius 1 is 1.38 bits per heavy atom. The lowest BCUT2D eigenvalue weighted by atomic mass is 10.1. The molecule has 0 aliphatic carbocycles. The summed E-state index contributed by atoms with van der Waals surface area (Å²) >= 11 is 5.03. The summed E-state index contributed by atoms with van der Waals surface area (Å²) in [5.74, 6) is 0. The molecular weight excluding hydrogens is 284 g/mol. The average molecular weight is 297 g/mol. The third kappa shape index (κ3) is 2.90. The fourth-order valence-electron chi connectivity index (χ4n) is 1.43. The van der Waals surface area contributed by atoms with Gasteiger partial charge in [0.1, 0.15) is 0 Å². The van der Waals surface area contributed by atoms with Gasteiger partial charge in [0.2, 0.25) is 0 Å². The van der Waals surface area contributed by atoms with Crippen molar-refractivity contribution in [1.29, 1.82) is 0 Å². The molecule has 4 heteroatoms. The summed E-state index contributed by atoms with van der Waals surface area (Å²) in [5, 5.41) is 3.30. The minimum absolute atomic E-state index is 0.905. The van der Waals surface area contributed by atoms with Gasteiger partial charge in [-0.3, -0.25) is 0 Å². The molecule has 0 bridgehead atoms. The fraction of sp³-hybridized carbons (Fsp3) is 0.250. The van der Waals surface area contributed by atoms with E-state index in [2.05, 4.69) is 50.7 Å². The van der Waals surface area contributed by atoms with Gasteiger partial charge < -0.3 is 5.32 Å². The molecule has 0 saturated heterocycles. The van der Waals surface area contributed by atoms with Crippen molar-refractivity contribution in [2.45, 2.75) is 13.5 Å². The maximum atomic E-state index is 4.46. The van der Waals surface area contributed by atoms with Gasteiger partial charge in [-0.2, -0.15) is 4.37 Å². The highest BCUT2D eigenvalue weighted by atomic mass is 79.9. The van der Waals surface area contributed by atoms with E-state index in [1.54, 1.807) is 11.5 Å². The second-order valence-corrected chi connectivity index (χ2v) is 5.27. The van der Waals surface area contributed by atoms with Gasteiger partial charge in [-0.1, -0.05) is 35.0 Å². The van der Waals surface area contributed by atoms with Crippen LogP contribution in [0.15, 0.2) is 34.8 Å². The Labute approximate surface area is 108 Å². The third-order valence-electron chi connectivity index (χ3n) is 2.23. The highest BCUT2D eigenvalue weighted by Gasteiger charge is 2.04. The molecule has 2 aromatic rings. The number of nitrogens with one attached hydrogen (secondary N) is 1. The first kappa shape index (κ1) is 11.8. The Bertz CT molecular complexity index is 468. The van der Waals surface area contributed by atoms with Crippen LogP contribution in [0.3, 0.4) is 0 Å². The van der Waals surface area contributed by atoms with Crippen molar-refractivity contribution < 1.29 is 0 Å². The second-order valence-electron chi connectivity index (χ2n) is 3.47. The van der Waals surface area contributed by atoms with Crippen molar-refractivity contribution in [3.63, 3.8) is 0 Å². The van der Waals surface area contributed by atoms with Gasteiger partial charge in [-0.25, -0.2) is 0 Å². The van der Waals surface area contributed by atoms with Gasteiger partial charge in [0, 0.05) is 21.5 Å². The molecule has 0 unspecified atom stereocenters. The van der Waals surface area contributed by atoms with E-state index in [1.165, 1.54) is 4.88 Å². The van der Waals surface area contributed by atoms with E-state index in [9.17, 15) is 0 Å². The Morgan fingerprint density at radius 2 is 2.25 bits per heavy atom. The molecule has 0 spiro atoms. The SMILES string of the molecule is CCNCc1cc(-c2cccc(Br)c2)ns1. The molecule has 84 valence electrons. The van der Waals surface area contributed by atoms with Crippen LogP contribution >= 0.6 is 27.5 Å². The van der Waals surface area contributed by atoms with E-state index < -0.39 is 0 Å². The maximum Gasteiger partial charge on any atom is 0.0844 e. The zero-order valence-corrected chi connectivity index (χ0v) is 11.4. The molecule has 16 heavy (non-hydrogen) atoms. The summed E-state index contributed by atoms with van der Waals surface area (Å²) in [4.78, 5) is 1.27. The van der Waals surface area contributed by atoms with Crippen LogP contribution in [0.2, 0.25) is 0 Å². The second kappa shape index (κ2) is 5.57. The summed E-state index contributed by atoms with van der Waals surface area (Å²) < 4.78 is 5.55. The van der Waals surface area contributed by atoms with Crippen LogP contribution in [0.1, 0.15) is 11.8 Å². The van der Waals surface area contributed by atoms with E-state index in [4.69, 9.17) is 0 Å². The van der Waals surface area contributed by atoms with Crippen LogP contribution in [-0.4, -0.2) is 10.9 Å². The third-order valence-corrected chi connectivity index (χ3v) is 3.51.